The monoisotopic (exact) mass is 158 g/mol. The molecule has 1 N–H and O–H groups in total. The molecular formula is C8H14O3. The van der Waals surface area contributed by atoms with E-state index in [2.05, 4.69) is 0 Å². The van der Waals surface area contributed by atoms with Gasteiger partial charge >= 0.3 is 0 Å². The molecule has 0 unspecified atom stereocenters. The standard InChI is InChI=1S/C8H14O3/c1-3-7-6(10)4-8(11-7)5(2)9/h5,7-9H,3-4H2,1-2H3/t5-,7-,8+/m0/s1. The molecule has 0 amide bonds. The first kappa shape index (κ1) is 8.68. The van der Waals surface area contributed by atoms with Gasteiger partial charge in [-0.3, -0.25) is 4.79 Å². The van der Waals surface area contributed by atoms with Crippen molar-refractivity contribution in [1.29, 1.82) is 0 Å². The molecule has 1 heterocycles. The average Bonchev–Trinajstić information content (AvgIpc) is 2.31. The summed E-state index contributed by atoms with van der Waals surface area (Å²) < 4.78 is 5.28. The molecule has 0 saturated carbocycles. The van der Waals surface area contributed by atoms with Crippen molar-refractivity contribution < 1.29 is 14.6 Å². The third-order valence-electron chi connectivity index (χ3n) is 2.01. The van der Waals surface area contributed by atoms with Gasteiger partial charge in [-0.15, -0.1) is 0 Å². The van der Waals surface area contributed by atoms with Crippen LogP contribution in [-0.2, 0) is 9.53 Å². The molecule has 0 bridgehead atoms. The minimum Gasteiger partial charge on any atom is -0.391 e. The van der Waals surface area contributed by atoms with E-state index in [0.29, 0.717) is 12.8 Å². The van der Waals surface area contributed by atoms with Gasteiger partial charge in [0, 0.05) is 6.42 Å². The minimum atomic E-state index is -0.532. The molecule has 3 atom stereocenters. The third kappa shape index (κ3) is 1.79. The quantitative estimate of drug-likeness (QED) is 0.636. The van der Waals surface area contributed by atoms with Gasteiger partial charge in [0.05, 0.1) is 12.2 Å². The Morgan fingerprint density at radius 1 is 1.82 bits per heavy atom. The second kappa shape index (κ2) is 3.32. The van der Waals surface area contributed by atoms with Gasteiger partial charge < -0.3 is 9.84 Å². The van der Waals surface area contributed by atoms with Crippen molar-refractivity contribution >= 4 is 5.78 Å². The maximum Gasteiger partial charge on any atom is 0.164 e. The smallest absolute Gasteiger partial charge is 0.164 e. The lowest BCUT2D eigenvalue weighted by Gasteiger charge is -2.12. The van der Waals surface area contributed by atoms with Crippen LogP contribution in [0.4, 0.5) is 0 Å². The maximum atomic E-state index is 11.1. The highest BCUT2D eigenvalue weighted by molar-refractivity contribution is 5.85. The molecule has 0 radical (unpaired) electrons. The van der Waals surface area contributed by atoms with Crippen LogP contribution < -0.4 is 0 Å². The highest BCUT2D eigenvalue weighted by atomic mass is 16.5. The number of carbonyl (C=O) groups is 1. The molecule has 0 aromatic rings. The summed E-state index contributed by atoms with van der Waals surface area (Å²) in [5.41, 5.74) is 0. The molecule has 3 nitrogen and oxygen atoms in total. The highest BCUT2D eigenvalue weighted by Gasteiger charge is 2.34. The zero-order chi connectivity index (χ0) is 8.43. The summed E-state index contributed by atoms with van der Waals surface area (Å²) in [6.45, 7) is 3.56. The predicted molar refractivity (Wildman–Crippen MR) is 40.3 cm³/mol. The van der Waals surface area contributed by atoms with Gasteiger partial charge in [0.2, 0.25) is 0 Å². The Labute approximate surface area is 66.4 Å². The van der Waals surface area contributed by atoms with Crippen LogP contribution in [0.1, 0.15) is 26.7 Å². The Kier molecular flexibility index (Phi) is 2.62. The van der Waals surface area contributed by atoms with Gasteiger partial charge in [-0.25, -0.2) is 0 Å². The van der Waals surface area contributed by atoms with E-state index in [0.717, 1.165) is 0 Å². The molecule has 64 valence electrons. The molecule has 0 aromatic carbocycles. The summed E-state index contributed by atoms with van der Waals surface area (Å²) in [5, 5.41) is 9.11. The lowest BCUT2D eigenvalue weighted by molar-refractivity contribution is -0.123. The number of Topliss-reactive ketones (excluding diaryl/α,β-unsaturated/α-hetero) is 1. The molecule has 11 heavy (non-hydrogen) atoms. The molecule has 0 aromatic heterocycles. The van der Waals surface area contributed by atoms with Crippen LogP contribution in [0.15, 0.2) is 0 Å². The fourth-order valence-corrected chi connectivity index (χ4v) is 1.27. The average molecular weight is 158 g/mol. The second-order valence-electron chi connectivity index (χ2n) is 2.98. The van der Waals surface area contributed by atoms with Crippen molar-refractivity contribution in [3.63, 3.8) is 0 Å². The summed E-state index contributed by atoms with van der Waals surface area (Å²) in [5.74, 6) is 0.124. The largest absolute Gasteiger partial charge is 0.391 e. The molecule has 1 fully saturated rings. The van der Waals surface area contributed by atoms with Crippen molar-refractivity contribution in [1.82, 2.24) is 0 Å². The molecule has 1 aliphatic heterocycles. The maximum absolute atomic E-state index is 11.1. The Morgan fingerprint density at radius 2 is 2.45 bits per heavy atom. The summed E-state index contributed by atoms with van der Waals surface area (Å²) in [6.07, 6.45) is 0.00986. The van der Waals surface area contributed by atoms with E-state index in [1.54, 1.807) is 6.92 Å². The third-order valence-corrected chi connectivity index (χ3v) is 2.01. The van der Waals surface area contributed by atoms with Gasteiger partial charge in [-0.1, -0.05) is 6.92 Å². The van der Waals surface area contributed by atoms with E-state index in [1.165, 1.54) is 0 Å². The topological polar surface area (TPSA) is 46.5 Å². The first-order valence-electron chi connectivity index (χ1n) is 4.01. The summed E-state index contributed by atoms with van der Waals surface area (Å²) in [7, 11) is 0. The molecule has 0 aliphatic carbocycles. The van der Waals surface area contributed by atoms with Crippen LogP contribution >= 0.6 is 0 Å². The minimum absolute atomic E-state index is 0.124. The van der Waals surface area contributed by atoms with Crippen molar-refractivity contribution in [3.8, 4) is 0 Å². The molecule has 1 aliphatic rings. The van der Waals surface area contributed by atoms with Crippen molar-refractivity contribution in [2.75, 3.05) is 0 Å². The first-order chi connectivity index (χ1) is 5.15. The van der Waals surface area contributed by atoms with Crippen LogP contribution in [0, 0.1) is 0 Å². The summed E-state index contributed by atoms with van der Waals surface area (Å²) in [4.78, 5) is 11.1. The number of aliphatic hydroxyl groups excluding tert-OH is 1. The number of ether oxygens (including phenoxy) is 1. The van der Waals surface area contributed by atoms with E-state index >= 15 is 0 Å². The second-order valence-corrected chi connectivity index (χ2v) is 2.98. The molecule has 1 rings (SSSR count). The van der Waals surface area contributed by atoms with Crippen molar-refractivity contribution in [2.24, 2.45) is 0 Å². The van der Waals surface area contributed by atoms with E-state index in [1.807, 2.05) is 6.92 Å². The van der Waals surface area contributed by atoms with Crippen molar-refractivity contribution in [3.05, 3.63) is 0 Å². The van der Waals surface area contributed by atoms with Crippen LogP contribution in [0.25, 0.3) is 0 Å². The van der Waals surface area contributed by atoms with Crippen LogP contribution in [0.2, 0.25) is 0 Å². The van der Waals surface area contributed by atoms with Crippen molar-refractivity contribution in [2.45, 2.75) is 45.0 Å². The number of aliphatic hydroxyl groups is 1. The Morgan fingerprint density at radius 3 is 2.73 bits per heavy atom. The summed E-state index contributed by atoms with van der Waals surface area (Å²) in [6, 6.07) is 0. The normalized spacial score (nSPS) is 34.3. The molecule has 1 saturated heterocycles. The first-order valence-corrected chi connectivity index (χ1v) is 4.01. The number of ketones is 1. The van der Waals surface area contributed by atoms with Gasteiger partial charge in [-0.2, -0.15) is 0 Å². The lowest BCUT2D eigenvalue weighted by Crippen LogP contribution is -2.22. The Balaban J connectivity index is 2.49. The highest BCUT2D eigenvalue weighted by Crippen LogP contribution is 2.20. The van der Waals surface area contributed by atoms with Crippen LogP contribution in [-0.4, -0.2) is 29.2 Å². The van der Waals surface area contributed by atoms with Gasteiger partial charge in [-0.05, 0) is 13.3 Å². The lowest BCUT2D eigenvalue weighted by atomic mass is 10.1. The van der Waals surface area contributed by atoms with E-state index in [-0.39, 0.29) is 18.0 Å². The number of hydrogen-bond donors (Lipinski definition) is 1. The van der Waals surface area contributed by atoms with Gasteiger partial charge in [0.1, 0.15) is 6.10 Å². The number of carbonyl (C=O) groups excluding carboxylic acids is 1. The number of hydrogen-bond acceptors (Lipinski definition) is 3. The Hall–Kier alpha value is -0.410. The zero-order valence-corrected chi connectivity index (χ0v) is 6.91. The van der Waals surface area contributed by atoms with Crippen LogP contribution in [0.5, 0.6) is 0 Å². The molecule has 0 spiro atoms. The van der Waals surface area contributed by atoms with Crippen LogP contribution in [0.3, 0.4) is 0 Å². The summed E-state index contributed by atoms with van der Waals surface area (Å²) >= 11 is 0. The van der Waals surface area contributed by atoms with E-state index in [9.17, 15) is 4.79 Å². The van der Waals surface area contributed by atoms with E-state index < -0.39 is 6.10 Å². The SMILES string of the molecule is CC[C@@H]1O[C@@H]([C@H](C)O)CC1=O. The number of rotatable bonds is 2. The molecular weight excluding hydrogens is 144 g/mol. The van der Waals surface area contributed by atoms with Gasteiger partial charge in [0.15, 0.2) is 5.78 Å². The van der Waals surface area contributed by atoms with E-state index in [4.69, 9.17) is 9.84 Å². The van der Waals surface area contributed by atoms with Gasteiger partial charge in [0.25, 0.3) is 0 Å². The Bertz CT molecular complexity index is 153. The predicted octanol–water partition coefficient (Wildman–Crippen LogP) is 0.504. The fourth-order valence-electron chi connectivity index (χ4n) is 1.27. The molecule has 3 heteroatoms. The zero-order valence-electron chi connectivity index (χ0n) is 6.91. The fraction of sp³-hybridized carbons (Fsp3) is 0.875.